The maximum Gasteiger partial charge on any atom is 0.412 e. The fourth-order valence-electron chi connectivity index (χ4n) is 1.78. The number of carbonyl (C=O) groups is 1. The van der Waals surface area contributed by atoms with Gasteiger partial charge in [0.15, 0.2) is 0 Å². The van der Waals surface area contributed by atoms with Crippen molar-refractivity contribution in [3.63, 3.8) is 0 Å². The molecule has 4 heteroatoms. The van der Waals surface area contributed by atoms with Gasteiger partial charge in [-0.3, -0.25) is 0 Å². The molecule has 0 heterocycles. The van der Waals surface area contributed by atoms with Gasteiger partial charge in [0.1, 0.15) is 11.5 Å². The van der Waals surface area contributed by atoms with E-state index in [0.29, 0.717) is 12.3 Å². The van der Waals surface area contributed by atoms with Gasteiger partial charge in [-0.2, -0.15) is 0 Å². The van der Waals surface area contributed by atoms with Gasteiger partial charge in [-0.05, 0) is 36.8 Å². The van der Waals surface area contributed by atoms with Crippen LogP contribution in [0.15, 0.2) is 48.5 Å². The van der Waals surface area contributed by atoms with Gasteiger partial charge >= 0.3 is 6.09 Å². The molecule has 0 atom stereocenters. The molecular weight excluding hydrogens is 254 g/mol. The van der Waals surface area contributed by atoms with Gasteiger partial charge in [-0.25, -0.2) is 4.79 Å². The van der Waals surface area contributed by atoms with Crippen LogP contribution in [0.4, 0.5) is 4.79 Å². The summed E-state index contributed by atoms with van der Waals surface area (Å²) in [5, 5.41) is 2.71. The fraction of sp³-hybridized carbons (Fsp3) is 0.188. The number of benzene rings is 2. The molecule has 104 valence electrons. The topological polar surface area (TPSA) is 47.6 Å². The Balaban J connectivity index is 1.85. The van der Waals surface area contributed by atoms with Gasteiger partial charge in [0, 0.05) is 6.54 Å². The largest absolute Gasteiger partial charge is 0.497 e. The third-order valence-corrected chi connectivity index (χ3v) is 2.79. The summed E-state index contributed by atoms with van der Waals surface area (Å²) in [5.74, 6) is 1.20. The lowest BCUT2D eigenvalue weighted by atomic mass is 10.1. The van der Waals surface area contributed by atoms with E-state index in [1.165, 1.54) is 0 Å². The maximum atomic E-state index is 11.7. The molecule has 0 radical (unpaired) electrons. The molecule has 1 amide bonds. The number of hydrogen-bond acceptors (Lipinski definition) is 3. The van der Waals surface area contributed by atoms with Crippen LogP contribution in [0.3, 0.4) is 0 Å². The predicted octanol–water partition coefficient (Wildman–Crippen LogP) is 3.29. The Morgan fingerprint density at radius 1 is 1.10 bits per heavy atom. The first-order valence-corrected chi connectivity index (χ1v) is 6.32. The zero-order valence-electron chi connectivity index (χ0n) is 11.6. The molecule has 0 bridgehead atoms. The molecule has 2 rings (SSSR count). The number of aryl methyl sites for hydroxylation is 1. The van der Waals surface area contributed by atoms with Crippen molar-refractivity contribution in [1.29, 1.82) is 0 Å². The van der Waals surface area contributed by atoms with E-state index in [0.717, 1.165) is 16.9 Å². The molecule has 1 N–H and O–H groups in total. The lowest BCUT2D eigenvalue weighted by Gasteiger charge is -2.07. The summed E-state index contributed by atoms with van der Waals surface area (Å²) in [4.78, 5) is 11.7. The van der Waals surface area contributed by atoms with Crippen molar-refractivity contribution in [2.24, 2.45) is 0 Å². The van der Waals surface area contributed by atoms with Crippen molar-refractivity contribution < 1.29 is 14.3 Å². The van der Waals surface area contributed by atoms with E-state index >= 15 is 0 Å². The van der Waals surface area contributed by atoms with Crippen molar-refractivity contribution in [2.45, 2.75) is 13.5 Å². The highest BCUT2D eigenvalue weighted by Crippen LogP contribution is 2.17. The minimum Gasteiger partial charge on any atom is -0.497 e. The second-order valence-electron chi connectivity index (χ2n) is 4.41. The van der Waals surface area contributed by atoms with Crippen LogP contribution in [0.1, 0.15) is 11.1 Å². The van der Waals surface area contributed by atoms with Gasteiger partial charge in [-0.1, -0.05) is 29.8 Å². The molecule has 0 unspecified atom stereocenters. The Bertz CT molecular complexity index is 579. The highest BCUT2D eigenvalue weighted by atomic mass is 16.6. The van der Waals surface area contributed by atoms with Crippen molar-refractivity contribution in [3.8, 4) is 11.5 Å². The molecule has 0 saturated carbocycles. The number of nitrogens with one attached hydrogen (secondary N) is 1. The predicted molar refractivity (Wildman–Crippen MR) is 77.0 cm³/mol. The number of amides is 1. The third-order valence-electron chi connectivity index (χ3n) is 2.79. The molecular formula is C16H17NO3. The van der Waals surface area contributed by atoms with E-state index in [9.17, 15) is 4.79 Å². The molecule has 0 aromatic heterocycles. The average molecular weight is 271 g/mol. The van der Waals surface area contributed by atoms with E-state index in [1.54, 1.807) is 31.4 Å². The number of ether oxygens (including phenoxy) is 2. The Hall–Kier alpha value is -2.49. The lowest BCUT2D eigenvalue weighted by molar-refractivity contribution is 0.200. The molecule has 0 aliphatic rings. The number of rotatable bonds is 4. The summed E-state index contributed by atoms with van der Waals surface area (Å²) in [5.41, 5.74) is 2.20. The average Bonchev–Trinajstić information content (AvgIpc) is 2.46. The first kappa shape index (κ1) is 13.9. The minimum absolute atomic E-state index is 0.441. The second kappa shape index (κ2) is 6.61. The number of carbonyl (C=O) groups excluding carboxylic acids is 1. The second-order valence-corrected chi connectivity index (χ2v) is 4.41. The van der Waals surface area contributed by atoms with Gasteiger partial charge in [0.2, 0.25) is 0 Å². The van der Waals surface area contributed by atoms with Crippen LogP contribution in [0, 0.1) is 6.92 Å². The summed E-state index contributed by atoms with van der Waals surface area (Å²) in [7, 11) is 1.59. The summed E-state index contributed by atoms with van der Waals surface area (Å²) < 4.78 is 10.2. The molecule has 2 aromatic carbocycles. The highest BCUT2D eigenvalue weighted by molar-refractivity contribution is 5.70. The molecule has 0 aliphatic heterocycles. The number of hydrogen-bond donors (Lipinski definition) is 1. The van der Waals surface area contributed by atoms with E-state index in [-0.39, 0.29) is 0 Å². The molecule has 0 saturated heterocycles. The van der Waals surface area contributed by atoms with Crippen LogP contribution < -0.4 is 14.8 Å². The summed E-state index contributed by atoms with van der Waals surface area (Å²) in [6, 6.07) is 14.8. The van der Waals surface area contributed by atoms with Gasteiger partial charge in [0.05, 0.1) is 7.11 Å². The Morgan fingerprint density at radius 2 is 1.80 bits per heavy atom. The van der Waals surface area contributed by atoms with E-state index in [1.807, 2.05) is 31.2 Å². The zero-order chi connectivity index (χ0) is 14.4. The van der Waals surface area contributed by atoms with Crippen LogP contribution in [0.25, 0.3) is 0 Å². The first-order valence-electron chi connectivity index (χ1n) is 6.32. The fourth-order valence-corrected chi connectivity index (χ4v) is 1.78. The highest BCUT2D eigenvalue weighted by Gasteiger charge is 2.04. The summed E-state index contributed by atoms with van der Waals surface area (Å²) >= 11 is 0. The molecule has 4 nitrogen and oxygen atoms in total. The quantitative estimate of drug-likeness (QED) is 0.928. The normalized spacial score (nSPS) is 9.90. The standard InChI is InChI=1S/C16H17NO3/c1-12-4-3-5-13(10-12)11-17-16(18)20-15-8-6-14(19-2)7-9-15/h3-10H,11H2,1-2H3,(H,17,18). The van der Waals surface area contributed by atoms with Crippen LogP contribution in [0.5, 0.6) is 11.5 Å². The number of methoxy groups -OCH3 is 1. The van der Waals surface area contributed by atoms with Crippen LogP contribution in [-0.4, -0.2) is 13.2 Å². The van der Waals surface area contributed by atoms with E-state index in [2.05, 4.69) is 5.32 Å². The SMILES string of the molecule is COc1ccc(OC(=O)NCc2cccc(C)c2)cc1. The van der Waals surface area contributed by atoms with Crippen molar-refractivity contribution in [3.05, 3.63) is 59.7 Å². The van der Waals surface area contributed by atoms with E-state index in [4.69, 9.17) is 9.47 Å². The van der Waals surface area contributed by atoms with E-state index < -0.39 is 6.09 Å². The van der Waals surface area contributed by atoms with Gasteiger partial charge in [0.25, 0.3) is 0 Å². The van der Waals surface area contributed by atoms with Crippen LogP contribution in [-0.2, 0) is 6.54 Å². The lowest BCUT2D eigenvalue weighted by Crippen LogP contribution is -2.26. The monoisotopic (exact) mass is 271 g/mol. The summed E-state index contributed by atoms with van der Waals surface area (Å²) in [6.07, 6.45) is -0.475. The zero-order valence-corrected chi connectivity index (χ0v) is 11.6. The van der Waals surface area contributed by atoms with Gasteiger partial charge in [-0.15, -0.1) is 0 Å². The molecule has 2 aromatic rings. The summed E-state index contributed by atoms with van der Waals surface area (Å²) in [6.45, 7) is 2.45. The van der Waals surface area contributed by atoms with Crippen molar-refractivity contribution in [2.75, 3.05) is 7.11 Å². The smallest absolute Gasteiger partial charge is 0.412 e. The molecule has 0 aliphatic carbocycles. The minimum atomic E-state index is -0.475. The molecule has 0 spiro atoms. The molecule has 20 heavy (non-hydrogen) atoms. The molecule has 0 fully saturated rings. The Labute approximate surface area is 118 Å². The van der Waals surface area contributed by atoms with Crippen molar-refractivity contribution >= 4 is 6.09 Å². The third kappa shape index (κ3) is 4.02. The maximum absolute atomic E-state index is 11.7. The van der Waals surface area contributed by atoms with Crippen LogP contribution >= 0.6 is 0 Å². The Kier molecular flexibility index (Phi) is 4.60. The van der Waals surface area contributed by atoms with Gasteiger partial charge < -0.3 is 14.8 Å². The van der Waals surface area contributed by atoms with Crippen LogP contribution in [0.2, 0.25) is 0 Å². The Morgan fingerprint density at radius 3 is 2.45 bits per heavy atom. The van der Waals surface area contributed by atoms with Crippen molar-refractivity contribution in [1.82, 2.24) is 5.32 Å². The first-order chi connectivity index (χ1) is 9.67.